The molecule has 4 nitrogen and oxygen atoms in total. The van der Waals surface area contributed by atoms with Crippen LogP contribution in [0.1, 0.15) is 10.6 Å². The maximum atomic E-state index is 4.68. The van der Waals surface area contributed by atoms with E-state index in [-0.39, 0.29) is 0 Å². The quantitative estimate of drug-likeness (QED) is 0.500. The monoisotopic (exact) mass is 352 g/mol. The lowest BCUT2D eigenvalue weighted by Gasteiger charge is -2.05. The molecule has 2 aromatic heterocycles. The number of para-hydroxylation sites is 1. The van der Waals surface area contributed by atoms with Crippen LogP contribution < -0.4 is 0 Å². The minimum atomic E-state index is 0.805. The number of thioether (sulfide) groups is 1. The Kier molecular flexibility index (Phi) is 4.08. The van der Waals surface area contributed by atoms with Crippen LogP contribution in [0, 0.1) is 6.92 Å². The fourth-order valence-corrected chi connectivity index (χ4v) is 4.48. The fraction of sp³-hybridized carbons (Fsp3) is 0.167. The van der Waals surface area contributed by atoms with Crippen LogP contribution in [0.4, 0.5) is 0 Å². The first-order valence-corrected chi connectivity index (χ1v) is 9.45. The minimum Gasteiger partial charge on any atom is -0.305 e. The highest BCUT2D eigenvalue weighted by atomic mass is 32.2. The first-order chi connectivity index (χ1) is 11.7. The zero-order chi connectivity index (χ0) is 16.5. The minimum absolute atomic E-state index is 0.805. The molecule has 0 aliphatic carbocycles. The van der Waals surface area contributed by atoms with Gasteiger partial charge in [0.1, 0.15) is 5.01 Å². The van der Waals surface area contributed by atoms with Crippen molar-refractivity contribution in [3.05, 3.63) is 59.1 Å². The predicted molar refractivity (Wildman–Crippen MR) is 100 cm³/mol. The van der Waals surface area contributed by atoms with Gasteiger partial charge in [-0.05, 0) is 24.6 Å². The summed E-state index contributed by atoms with van der Waals surface area (Å²) < 4.78 is 3.28. The molecule has 0 amide bonds. The van der Waals surface area contributed by atoms with Crippen molar-refractivity contribution in [1.29, 1.82) is 0 Å². The number of hydrogen-bond acceptors (Lipinski definition) is 5. The van der Waals surface area contributed by atoms with Gasteiger partial charge in [-0.1, -0.05) is 48.2 Å². The molecule has 0 bridgehead atoms. The van der Waals surface area contributed by atoms with E-state index in [0.717, 1.165) is 32.8 Å². The van der Waals surface area contributed by atoms with Crippen LogP contribution in [0.15, 0.2) is 53.7 Å². The third-order valence-electron chi connectivity index (χ3n) is 3.88. The largest absolute Gasteiger partial charge is 0.305 e. The first kappa shape index (κ1) is 15.4. The molecule has 24 heavy (non-hydrogen) atoms. The molecule has 0 saturated heterocycles. The van der Waals surface area contributed by atoms with Crippen LogP contribution in [-0.4, -0.2) is 19.7 Å². The molecule has 4 rings (SSSR count). The molecule has 0 aliphatic heterocycles. The Hall–Kier alpha value is -2.18. The molecule has 0 saturated carbocycles. The second kappa shape index (κ2) is 6.37. The lowest BCUT2D eigenvalue weighted by Crippen LogP contribution is -1.96. The standard InChI is InChI=1S/C18H16N4S2/c1-12-7-3-4-8-13(12)17-20-21-18(22(17)2)23-11-16-19-14-9-5-6-10-15(14)24-16/h3-10H,11H2,1-2H3. The molecule has 0 radical (unpaired) electrons. The van der Waals surface area contributed by atoms with Crippen molar-refractivity contribution in [2.75, 3.05) is 0 Å². The molecule has 0 unspecified atom stereocenters. The van der Waals surface area contributed by atoms with Gasteiger partial charge in [-0.25, -0.2) is 4.98 Å². The Bertz CT molecular complexity index is 970. The molecule has 6 heteroatoms. The van der Waals surface area contributed by atoms with E-state index in [1.54, 1.807) is 23.1 Å². The normalized spacial score (nSPS) is 11.2. The summed E-state index contributed by atoms with van der Waals surface area (Å²) in [6.45, 7) is 2.10. The van der Waals surface area contributed by atoms with E-state index in [4.69, 9.17) is 0 Å². The fourth-order valence-electron chi connectivity index (χ4n) is 2.61. The molecule has 0 spiro atoms. The van der Waals surface area contributed by atoms with Crippen LogP contribution >= 0.6 is 23.1 Å². The topological polar surface area (TPSA) is 43.6 Å². The Morgan fingerprint density at radius 3 is 2.67 bits per heavy atom. The summed E-state index contributed by atoms with van der Waals surface area (Å²) in [5, 5.41) is 10.8. The summed E-state index contributed by atoms with van der Waals surface area (Å²) >= 11 is 3.41. The molecule has 120 valence electrons. The second-order valence-electron chi connectivity index (χ2n) is 5.54. The average molecular weight is 352 g/mol. The third-order valence-corrected chi connectivity index (χ3v) is 6.13. The molecular weight excluding hydrogens is 336 g/mol. The number of benzene rings is 2. The highest BCUT2D eigenvalue weighted by Gasteiger charge is 2.13. The summed E-state index contributed by atoms with van der Waals surface area (Å²) in [5.74, 6) is 1.71. The van der Waals surface area contributed by atoms with Crippen molar-refractivity contribution in [1.82, 2.24) is 19.7 Å². The van der Waals surface area contributed by atoms with E-state index >= 15 is 0 Å². The zero-order valence-electron chi connectivity index (χ0n) is 13.4. The van der Waals surface area contributed by atoms with Crippen molar-refractivity contribution < 1.29 is 0 Å². The Morgan fingerprint density at radius 1 is 1.04 bits per heavy atom. The van der Waals surface area contributed by atoms with Crippen molar-refractivity contribution in [2.24, 2.45) is 7.05 Å². The van der Waals surface area contributed by atoms with Gasteiger partial charge in [0.2, 0.25) is 0 Å². The Labute approximate surface area is 148 Å². The van der Waals surface area contributed by atoms with Crippen LogP contribution in [0.3, 0.4) is 0 Å². The molecule has 2 heterocycles. The van der Waals surface area contributed by atoms with Gasteiger partial charge in [-0.15, -0.1) is 21.5 Å². The number of aromatic nitrogens is 4. The van der Waals surface area contributed by atoms with Crippen LogP contribution in [-0.2, 0) is 12.8 Å². The number of thiazole rings is 1. The van der Waals surface area contributed by atoms with E-state index in [2.05, 4.69) is 57.0 Å². The number of aryl methyl sites for hydroxylation is 1. The van der Waals surface area contributed by atoms with Crippen molar-refractivity contribution in [3.63, 3.8) is 0 Å². The highest BCUT2D eigenvalue weighted by Crippen LogP contribution is 2.29. The molecule has 0 N–H and O–H groups in total. The van der Waals surface area contributed by atoms with Gasteiger partial charge in [0, 0.05) is 12.6 Å². The van der Waals surface area contributed by atoms with Crippen molar-refractivity contribution >= 4 is 33.3 Å². The molecule has 0 atom stereocenters. The Morgan fingerprint density at radius 2 is 1.83 bits per heavy atom. The van der Waals surface area contributed by atoms with Gasteiger partial charge < -0.3 is 4.57 Å². The average Bonchev–Trinajstić information content (AvgIpc) is 3.17. The maximum Gasteiger partial charge on any atom is 0.191 e. The summed E-state index contributed by atoms with van der Waals surface area (Å²) in [6, 6.07) is 16.5. The van der Waals surface area contributed by atoms with E-state index in [0.29, 0.717) is 0 Å². The van der Waals surface area contributed by atoms with Gasteiger partial charge in [0.05, 0.1) is 16.0 Å². The van der Waals surface area contributed by atoms with Crippen molar-refractivity contribution in [3.8, 4) is 11.4 Å². The maximum absolute atomic E-state index is 4.68. The van der Waals surface area contributed by atoms with E-state index < -0.39 is 0 Å². The van der Waals surface area contributed by atoms with E-state index in [1.165, 1.54) is 10.3 Å². The van der Waals surface area contributed by atoms with Gasteiger partial charge in [-0.3, -0.25) is 0 Å². The summed E-state index contributed by atoms with van der Waals surface area (Å²) in [4.78, 5) is 4.68. The van der Waals surface area contributed by atoms with Crippen LogP contribution in [0.2, 0.25) is 0 Å². The third kappa shape index (κ3) is 2.83. The van der Waals surface area contributed by atoms with Gasteiger partial charge in [0.25, 0.3) is 0 Å². The van der Waals surface area contributed by atoms with Crippen molar-refractivity contribution in [2.45, 2.75) is 17.8 Å². The lowest BCUT2D eigenvalue weighted by atomic mass is 10.1. The zero-order valence-corrected chi connectivity index (χ0v) is 15.1. The number of hydrogen-bond donors (Lipinski definition) is 0. The second-order valence-corrected chi connectivity index (χ2v) is 7.60. The van der Waals surface area contributed by atoms with E-state index in [9.17, 15) is 0 Å². The number of nitrogens with zero attached hydrogens (tertiary/aromatic N) is 4. The number of rotatable bonds is 4. The molecule has 0 aliphatic rings. The van der Waals surface area contributed by atoms with E-state index in [1.807, 2.05) is 25.2 Å². The smallest absolute Gasteiger partial charge is 0.191 e. The van der Waals surface area contributed by atoms with Gasteiger partial charge in [-0.2, -0.15) is 0 Å². The summed E-state index contributed by atoms with van der Waals surface area (Å²) in [6.07, 6.45) is 0. The molecular formula is C18H16N4S2. The highest BCUT2D eigenvalue weighted by molar-refractivity contribution is 7.98. The van der Waals surface area contributed by atoms with Gasteiger partial charge in [0.15, 0.2) is 11.0 Å². The molecule has 2 aromatic carbocycles. The first-order valence-electron chi connectivity index (χ1n) is 7.65. The van der Waals surface area contributed by atoms with Crippen LogP contribution in [0.5, 0.6) is 0 Å². The summed E-state index contributed by atoms with van der Waals surface area (Å²) in [5.41, 5.74) is 3.40. The SMILES string of the molecule is Cc1ccccc1-c1nnc(SCc2nc3ccccc3s2)n1C. The number of fused-ring (bicyclic) bond motifs is 1. The molecule has 4 aromatic rings. The predicted octanol–water partition coefficient (Wildman–Crippen LogP) is 4.69. The van der Waals surface area contributed by atoms with Crippen LogP contribution in [0.25, 0.3) is 21.6 Å². The lowest BCUT2D eigenvalue weighted by molar-refractivity contribution is 0.793. The summed E-state index contributed by atoms with van der Waals surface area (Å²) in [7, 11) is 2.02. The Balaban J connectivity index is 1.56. The molecule has 0 fully saturated rings. The van der Waals surface area contributed by atoms with Gasteiger partial charge >= 0.3 is 0 Å².